The van der Waals surface area contributed by atoms with E-state index in [1.165, 1.54) is 0 Å². The zero-order valence-electron chi connectivity index (χ0n) is 10.3. The molecule has 0 spiro atoms. The Morgan fingerprint density at radius 2 is 2.18 bits per heavy atom. The quantitative estimate of drug-likeness (QED) is 0.855. The maximum atomic E-state index is 4.33. The van der Waals surface area contributed by atoms with Crippen molar-refractivity contribution in [2.75, 3.05) is 0 Å². The summed E-state index contributed by atoms with van der Waals surface area (Å²) < 4.78 is 2.14. The van der Waals surface area contributed by atoms with Gasteiger partial charge in [0.25, 0.3) is 0 Å². The van der Waals surface area contributed by atoms with Crippen molar-refractivity contribution in [3.05, 3.63) is 48.3 Å². The molecule has 0 fully saturated rings. The SMILES string of the molecule is CCn1ccnc1CNC(C)c1ccccn1. The predicted octanol–water partition coefficient (Wildman–Crippen LogP) is 2.15. The summed E-state index contributed by atoms with van der Waals surface area (Å²) in [5, 5.41) is 3.43. The molecule has 2 heterocycles. The third kappa shape index (κ3) is 2.91. The van der Waals surface area contributed by atoms with Gasteiger partial charge in [-0.05, 0) is 26.0 Å². The van der Waals surface area contributed by atoms with Crippen LogP contribution in [0.4, 0.5) is 0 Å². The summed E-state index contributed by atoms with van der Waals surface area (Å²) >= 11 is 0. The van der Waals surface area contributed by atoms with E-state index < -0.39 is 0 Å². The van der Waals surface area contributed by atoms with Crippen LogP contribution in [-0.2, 0) is 13.1 Å². The third-order valence-corrected chi connectivity index (χ3v) is 2.84. The molecule has 2 aromatic heterocycles. The zero-order valence-corrected chi connectivity index (χ0v) is 10.3. The van der Waals surface area contributed by atoms with Crippen molar-refractivity contribution in [2.24, 2.45) is 0 Å². The Morgan fingerprint density at radius 3 is 2.88 bits per heavy atom. The highest BCUT2D eigenvalue weighted by molar-refractivity contribution is 5.07. The number of nitrogens with zero attached hydrogens (tertiary/aromatic N) is 3. The minimum absolute atomic E-state index is 0.234. The van der Waals surface area contributed by atoms with Gasteiger partial charge in [-0.3, -0.25) is 4.98 Å². The Hall–Kier alpha value is -1.68. The van der Waals surface area contributed by atoms with Crippen molar-refractivity contribution in [1.82, 2.24) is 19.9 Å². The van der Waals surface area contributed by atoms with Crippen molar-refractivity contribution in [2.45, 2.75) is 33.0 Å². The summed E-state index contributed by atoms with van der Waals surface area (Å²) in [6.45, 7) is 5.95. The molecule has 0 saturated carbocycles. The van der Waals surface area contributed by atoms with E-state index in [-0.39, 0.29) is 6.04 Å². The monoisotopic (exact) mass is 230 g/mol. The van der Waals surface area contributed by atoms with E-state index in [0.29, 0.717) is 0 Å². The molecule has 0 amide bonds. The number of hydrogen-bond acceptors (Lipinski definition) is 3. The number of hydrogen-bond donors (Lipinski definition) is 1. The van der Waals surface area contributed by atoms with Gasteiger partial charge in [0.1, 0.15) is 5.82 Å². The van der Waals surface area contributed by atoms with Crippen molar-refractivity contribution < 1.29 is 0 Å². The minimum atomic E-state index is 0.234. The Balaban J connectivity index is 1.95. The van der Waals surface area contributed by atoms with Crippen molar-refractivity contribution in [3.63, 3.8) is 0 Å². The molecule has 1 N–H and O–H groups in total. The molecule has 0 aliphatic carbocycles. The molecule has 0 bridgehead atoms. The predicted molar refractivity (Wildman–Crippen MR) is 67.4 cm³/mol. The first kappa shape index (κ1) is 11.8. The Labute approximate surface area is 102 Å². The molecule has 0 aromatic carbocycles. The second-order valence-corrected chi connectivity index (χ2v) is 3.99. The van der Waals surface area contributed by atoms with Gasteiger partial charge in [-0.15, -0.1) is 0 Å². The summed E-state index contributed by atoms with van der Waals surface area (Å²) in [4.78, 5) is 8.66. The van der Waals surface area contributed by atoms with E-state index in [2.05, 4.69) is 33.7 Å². The number of pyridine rings is 1. The van der Waals surface area contributed by atoms with Crippen LogP contribution in [0.25, 0.3) is 0 Å². The molecule has 17 heavy (non-hydrogen) atoms. The van der Waals surface area contributed by atoms with Gasteiger partial charge in [0.15, 0.2) is 0 Å². The van der Waals surface area contributed by atoms with Crippen molar-refractivity contribution in [1.29, 1.82) is 0 Å². The fourth-order valence-electron chi connectivity index (χ4n) is 1.78. The van der Waals surface area contributed by atoms with E-state index in [0.717, 1.165) is 24.6 Å². The average molecular weight is 230 g/mol. The molecular formula is C13H18N4. The summed E-state index contributed by atoms with van der Waals surface area (Å²) in [5.41, 5.74) is 1.06. The number of aromatic nitrogens is 3. The van der Waals surface area contributed by atoms with Gasteiger partial charge in [0.05, 0.1) is 12.2 Å². The fourth-order valence-corrected chi connectivity index (χ4v) is 1.78. The molecule has 1 atom stereocenters. The largest absolute Gasteiger partial charge is 0.334 e. The molecule has 0 aliphatic rings. The lowest BCUT2D eigenvalue weighted by Crippen LogP contribution is -2.21. The van der Waals surface area contributed by atoms with Gasteiger partial charge >= 0.3 is 0 Å². The van der Waals surface area contributed by atoms with E-state index in [1.54, 1.807) is 0 Å². The molecule has 2 rings (SSSR count). The van der Waals surface area contributed by atoms with Crippen LogP contribution in [0.3, 0.4) is 0 Å². The first-order valence-electron chi connectivity index (χ1n) is 5.95. The Kier molecular flexibility index (Phi) is 3.88. The highest BCUT2D eigenvalue weighted by atomic mass is 15.1. The summed E-state index contributed by atoms with van der Waals surface area (Å²) in [7, 11) is 0. The number of aryl methyl sites for hydroxylation is 1. The second kappa shape index (κ2) is 5.59. The molecule has 4 nitrogen and oxygen atoms in total. The van der Waals surface area contributed by atoms with E-state index >= 15 is 0 Å². The fraction of sp³-hybridized carbons (Fsp3) is 0.385. The topological polar surface area (TPSA) is 42.7 Å². The standard InChI is InChI=1S/C13H18N4/c1-3-17-9-8-15-13(17)10-16-11(2)12-6-4-5-7-14-12/h4-9,11,16H,3,10H2,1-2H3. The average Bonchev–Trinajstić information content (AvgIpc) is 2.84. The molecule has 4 heteroatoms. The summed E-state index contributed by atoms with van der Waals surface area (Å²) in [6, 6.07) is 6.20. The summed E-state index contributed by atoms with van der Waals surface area (Å²) in [6.07, 6.45) is 5.66. The second-order valence-electron chi connectivity index (χ2n) is 3.99. The number of imidazole rings is 1. The number of rotatable bonds is 5. The summed E-state index contributed by atoms with van der Waals surface area (Å²) in [5.74, 6) is 1.07. The van der Waals surface area contributed by atoms with Gasteiger partial charge < -0.3 is 9.88 Å². The smallest absolute Gasteiger partial charge is 0.122 e. The highest BCUT2D eigenvalue weighted by Crippen LogP contribution is 2.08. The zero-order chi connectivity index (χ0) is 12.1. The molecule has 2 aromatic rings. The number of nitrogens with one attached hydrogen (secondary N) is 1. The van der Waals surface area contributed by atoms with Crippen molar-refractivity contribution in [3.8, 4) is 0 Å². The van der Waals surface area contributed by atoms with Crippen LogP contribution in [0, 0.1) is 0 Å². The van der Waals surface area contributed by atoms with Crippen LogP contribution in [0.5, 0.6) is 0 Å². The van der Waals surface area contributed by atoms with Crippen LogP contribution in [0.2, 0.25) is 0 Å². The van der Waals surface area contributed by atoms with Crippen LogP contribution < -0.4 is 5.32 Å². The lowest BCUT2D eigenvalue weighted by atomic mass is 10.2. The van der Waals surface area contributed by atoms with Crippen molar-refractivity contribution >= 4 is 0 Å². The normalized spacial score (nSPS) is 12.6. The highest BCUT2D eigenvalue weighted by Gasteiger charge is 2.07. The third-order valence-electron chi connectivity index (χ3n) is 2.84. The first-order chi connectivity index (χ1) is 8.31. The maximum absolute atomic E-state index is 4.33. The van der Waals surface area contributed by atoms with Crippen LogP contribution >= 0.6 is 0 Å². The minimum Gasteiger partial charge on any atom is -0.334 e. The van der Waals surface area contributed by atoms with Gasteiger partial charge in [-0.25, -0.2) is 4.98 Å². The van der Waals surface area contributed by atoms with Crippen LogP contribution in [0.15, 0.2) is 36.8 Å². The molecule has 0 radical (unpaired) electrons. The molecule has 0 aliphatic heterocycles. The van der Waals surface area contributed by atoms with Gasteiger partial charge in [-0.1, -0.05) is 6.07 Å². The van der Waals surface area contributed by atoms with Crippen LogP contribution in [0.1, 0.15) is 31.4 Å². The molecule has 90 valence electrons. The Morgan fingerprint density at radius 1 is 1.29 bits per heavy atom. The molecule has 0 saturated heterocycles. The van der Waals surface area contributed by atoms with E-state index in [9.17, 15) is 0 Å². The van der Waals surface area contributed by atoms with E-state index in [4.69, 9.17) is 0 Å². The van der Waals surface area contributed by atoms with Gasteiger partial charge in [0, 0.05) is 31.2 Å². The maximum Gasteiger partial charge on any atom is 0.122 e. The molecular weight excluding hydrogens is 212 g/mol. The van der Waals surface area contributed by atoms with Gasteiger partial charge in [-0.2, -0.15) is 0 Å². The van der Waals surface area contributed by atoms with Crippen LogP contribution in [-0.4, -0.2) is 14.5 Å². The first-order valence-corrected chi connectivity index (χ1v) is 5.95. The Bertz CT molecular complexity index is 449. The molecule has 1 unspecified atom stereocenters. The van der Waals surface area contributed by atoms with Gasteiger partial charge in [0.2, 0.25) is 0 Å². The van der Waals surface area contributed by atoms with E-state index in [1.807, 2.05) is 36.8 Å². The lowest BCUT2D eigenvalue weighted by Gasteiger charge is -2.13. The lowest BCUT2D eigenvalue weighted by molar-refractivity contribution is 0.531.